The molecule has 2 fully saturated rings. The van der Waals surface area contributed by atoms with Crippen LogP contribution in [0.2, 0.25) is 0 Å². The Labute approximate surface area is 156 Å². The normalized spacial score (nSPS) is 30.1. The third-order valence-corrected chi connectivity index (χ3v) is 4.92. The van der Waals surface area contributed by atoms with E-state index in [0.717, 1.165) is 0 Å². The Morgan fingerprint density at radius 2 is 1.79 bits per heavy atom. The average Bonchev–Trinajstić information content (AvgIpc) is 2.95. The van der Waals surface area contributed by atoms with E-state index in [9.17, 15) is 31.5 Å². The number of benzene rings is 1. The first-order valence-corrected chi connectivity index (χ1v) is 8.37. The fraction of sp³-hybridized carbons (Fsp3) is 0.529. The van der Waals surface area contributed by atoms with E-state index in [2.05, 4.69) is 4.74 Å². The lowest BCUT2D eigenvalue weighted by Gasteiger charge is -2.46. The van der Waals surface area contributed by atoms with Gasteiger partial charge < -0.3 is 10.5 Å². The zero-order valence-corrected chi connectivity index (χ0v) is 14.7. The molecule has 1 atom stereocenters. The largest absolute Gasteiger partial charge is 0.491 e. The van der Waals surface area contributed by atoms with E-state index in [0.29, 0.717) is 23.3 Å². The van der Waals surface area contributed by atoms with E-state index in [1.807, 2.05) is 0 Å². The number of hydroxylamine groups is 2. The maximum atomic E-state index is 13.8. The predicted octanol–water partition coefficient (Wildman–Crippen LogP) is 2.51. The van der Waals surface area contributed by atoms with Gasteiger partial charge in [0.1, 0.15) is 11.6 Å². The SMILES string of the molecule is CC1(C(=O)N2OCC[C@]2(OC(=O)C(F)(F)F)c2cc(F)cc(F)c2)CC(N)C1. The monoisotopic (exact) mass is 408 g/mol. The summed E-state index contributed by atoms with van der Waals surface area (Å²) in [4.78, 5) is 29.7. The van der Waals surface area contributed by atoms with Gasteiger partial charge in [-0.1, -0.05) is 6.92 Å². The van der Waals surface area contributed by atoms with Crippen LogP contribution in [0.3, 0.4) is 0 Å². The Morgan fingerprint density at radius 1 is 1.21 bits per heavy atom. The second-order valence-electron chi connectivity index (χ2n) is 7.24. The quantitative estimate of drug-likeness (QED) is 0.614. The number of nitrogens with two attached hydrogens (primary N) is 1. The number of hydrogen-bond acceptors (Lipinski definition) is 5. The van der Waals surface area contributed by atoms with Crippen LogP contribution in [0.5, 0.6) is 0 Å². The van der Waals surface area contributed by atoms with E-state index < -0.39 is 52.8 Å². The van der Waals surface area contributed by atoms with Crippen molar-refractivity contribution in [2.45, 2.75) is 44.1 Å². The van der Waals surface area contributed by atoms with Crippen molar-refractivity contribution in [3.8, 4) is 0 Å². The second-order valence-corrected chi connectivity index (χ2v) is 7.24. The first-order chi connectivity index (χ1) is 12.9. The number of carbonyl (C=O) groups is 2. The smallest absolute Gasteiger partial charge is 0.425 e. The summed E-state index contributed by atoms with van der Waals surface area (Å²) in [6.07, 6.45) is -5.37. The molecule has 1 amide bonds. The lowest BCUT2D eigenvalue weighted by Crippen LogP contribution is -2.58. The summed E-state index contributed by atoms with van der Waals surface area (Å²) in [5.74, 6) is -5.63. The number of rotatable bonds is 3. The molecule has 1 aromatic rings. The van der Waals surface area contributed by atoms with Crippen molar-refractivity contribution < 1.29 is 41.1 Å². The zero-order valence-electron chi connectivity index (χ0n) is 14.7. The van der Waals surface area contributed by atoms with Gasteiger partial charge in [0, 0.05) is 24.1 Å². The van der Waals surface area contributed by atoms with Gasteiger partial charge in [0.2, 0.25) is 5.72 Å². The van der Waals surface area contributed by atoms with Gasteiger partial charge in [-0.15, -0.1) is 0 Å². The minimum atomic E-state index is -5.39. The molecule has 0 bridgehead atoms. The van der Waals surface area contributed by atoms with Gasteiger partial charge in [0.15, 0.2) is 0 Å². The highest BCUT2D eigenvalue weighted by molar-refractivity contribution is 5.84. The van der Waals surface area contributed by atoms with Crippen LogP contribution in [0, 0.1) is 17.0 Å². The Morgan fingerprint density at radius 3 is 2.29 bits per heavy atom. The number of hydrogen-bond donors (Lipinski definition) is 1. The molecule has 1 saturated carbocycles. The number of halogens is 5. The zero-order chi connectivity index (χ0) is 20.9. The fourth-order valence-corrected chi connectivity index (χ4v) is 3.62. The second kappa shape index (κ2) is 6.66. The molecule has 0 aromatic heterocycles. The molecule has 6 nitrogen and oxygen atoms in total. The third kappa shape index (κ3) is 3.44. The van der Waals surface area contributed by atoms with Gasteiger partial charge in [-0.05, 0) is 25.0 Å². The maximum absolute atomic E-state index is 13.8. The van der Waals surface area contributed by atoms with Crippen molar-refractivity contribution in [2.24, 2.45) is 11.1 Å². The summed E-state index contributed by atoms with van der Waals surface area (Å²) < 4.78 is 70.7. The Kier molecular flexibility index (Phi) is 4.87. The molecule has 1 aliphatic carbocycles. The maximum Gasteiger partial charge on any atom is 0.491 e. The molecule has 1 heterocycles. The highest BCUT2D eigenvalue weighted by Crippen LogP contribution is 2.48. The molecule has 0 radical (unpaired) electrons. The van der Waals surface area contributed by atoms with Crippen molar-refractivity contribution in [3.05, 3.63) is 35.4 Å². The van der Waals surface area contributed by atoms with E-state index >= 15 is 0 Å². The molecule has 2 aliphatic rings. The average molecular weight is 408 g/mol. The van der Waals surface area contributed by atoms with Crippen molar-refractivity contribution in [1.29, 1.82) is 0 Å². The van der Waals surface area contributed by atoms with Crippen molar-refractivity contribution in [1.82, 2.24) is 5.06 Å². The van der Waals surface area contributed by atoms with Gasteiger partial charge in [0.25, 0.3) is 5.91 Å². The minimum Gasteiger partial charge on any atom is -0.425 e. The summed E-state index contributed by atoms with van der Waals surface area (Å²) in [5.41, 5.74) is 1.69. The van der Waals surface area contributed by atoms with Crippen LogP contribution in [0.4, 0.5) is 22.0 Å². The molecule has 154 valence electrons. The summed E-state index contributed by atoms with van der Waals surface area (Å²) in [6.45, 7) is 1.22. The Bertz CT molecular complexity index is 789. The van der Waals surface area contributed by atoms with E-state index in [1.165, 1.54) is 6.92 Å². The molecule has 2 N–H and O–H groups in total. The van der Waals surface area contributed by atoms with Crippen LogP contribution in [0.15, 0.2) is 18.2 Å². The standard InChI is InChI=1S/C17H17F5N2O4/c1-15(7-12(23)8-15)13(25)24-16(2-3-27-24,28-14(26)17(20,21)22)9-4-10(18)6-11(19)5-9/h4-6,12H,2-3,7-8,23H2,1H3/t12?,15?,16-/m0/s1. The van der Waals surface area contributed by atoms with E-state index in [1.54, 1.807) is 0 Å². The number of amides is 1. The first-order valence-electron chi connectivity index (χ1n) is 8.37. The highest BCUT2D eigenvalue weighted by Gasteiger charge is 2.59. The number of alkyl halides is 3. The van der Waals surface area contributed by atoms with Crippen LogP contribution >= 0.6 is 0 Å². The van der Waals surface area contributed by atoms with Gasteiger partial charge in [-0.25, -0.2) is 13.6 Å². The minimum absolute atomic E-state index is 0.229. The number of carbonyl (C=O) groups excluding carboxylic acids is 2. The molecular weight excluding hydrogens is 391 g/mol. The van der Waals surface area contributed by atoms with Crippen LogP contribution in [0.25, 0.3) is 0 Å². The van der Waals surface area contributed by atoms with Crippen molar-refractivity contribution in [3.63, 3.8) is 0 Å². The van der Waals surface area contributed by atoms with Crippen LogP contribution in [-0.2, 0) is 24.9 Å². The van der Waals surface area contributed by atoms with Gasteiger partial charge >= 0.3 is 12.1 Å². The third-order valence-electron chi connectivity index (χ3n) is 4.92. The number of nitrogens with zero attached hydrogens (tertiary/aromatic N) is 1. The molecule has 3 rings (SSSR count). The summed E-state index contributed by atoms with van der Waals surface area (Å²) >= 11 is 0. The molecule has 11 heteroatoms. The first kappa shape index (κ1) is 20.5. The van der Waals surface area contributed by atoms with Crippen molar-refractivity contribution >= 4 is 11.9 Å². The van der Waals surface area contributed by atoms with Crippen LogP contribution in [-0.4, -0.2) is 35.8 Å². The van der Waals surface area contributed by atoms with Gasteiger partial charge in [-0.3, -0.25) is 9.63 Å². The Hall–Kier alpha value is -2.27. The Balaban J connectivity index is 2.07. The topological polar surface area (TPSA) is 81.9 Å². The summed E-state index contributed by atoms with van der Waals surface area (Å²) in [7, 11) is 0. The molecule has 1 saturated heterocycles. The molecule has 1 aromatic carbocycles. The van der Waals surface area contributed by atoms with E-state index in [-0.39, 0.29) is 25.5 Å². The number of ether oxygens (including phenoxy) is 1. The molecule has 0 spiro atoms. The van der Waals surface area contributed by atoms with E-state index in [4.69, 9.17) is 10.6 Å². The van der Waals surface area contributed by atoms with Gasteiger partial charge in [0.05, 0.1) is 12.0 Å². The lowest BCUT2D eigenvalue weighted by molar-refractivity contribution is -0.272. The molecule has 28 heavy (non-hydrogen) atoms. The fourth-order valence-electron chi connectivity index (χ4n) is 3.62. The summed E-state index contributed by atoms with van der Waals surface area (Å²) in [5, 5.41) is 0.483. The van der Waals surface area contributed by atoms with Crippen molar-refractivity contribution in [2.75, 3.05) is 6.61 Å². The highest BCUT2D eigenvalue weighted by atomic mass is 19.4. The lowest BCUT2D eigenvalue weighted by atomic mass is 9.66. The molecular formula is C17H17F5N2O4. The molecule has 0 unspecified atom stereocenters. The van der Waals surface area contributed by atoms with Crippen LogP contribution < -0.4 is 5.73 Å². The van der Waals surface area contributed by atoms with Gasteiger partial charge in [-0.2, -0.15) is 18.2 Å². The van der Waals surface area contributed by atoms with Crippen LogP contribution in [0.1, 0.15) is 31.7 Å². The molecule has 1 aliphatic heterocycles. The number of esters is 1. The predicted molar refractivity (Wildman–Crippen MR) is 82.9 cm³/mol. The summed E-state index contributed by atoms with van der Waals surface area (Å²) in [6, 6.07) is 1.60.